The van der Waals surface area contributed by atoms with Crippen LogP contribution in [0.2, 0.25) is 0 Å². The van der Waals surface area contributed by atoms with Crippen molar-refractivity contribution in [2.45, 2.75) is 45.4 Å². The van der Waals surface area contributed by atoms with Crippen molar-refractivity contribution in [3.05, 3.63) is 83.1 Å². The van der Waals surface area contributed by atoms with Crippen LogP contribution in [-0.2, 0) is 18.3 Å². The summed E-state index contributed by atoms with van der Waals surface area (Å²) in [4.78, 5) is 42.4. The standard InChI is InChI=1S/C29H31N7O3/c1-29(2,3)39-27(37)24-16-32-25(33(24)4)18-34-13-11-20(17-34)36-26-23(10-7-12-30-26)35(28(36)38)21-14-19-8-5-6-9-22(19)31-15-21/h5-10,12,14-16,20H,11,13,17-18H2,1-4H3/t20-/m0/s1. The van der Waals surface area contributed by atoms with E-state index in [9.17, 15) is 9.59 Å². The summed E-state index contributed by atoms with van der Waals surface area (Å²) >= 11 is 0. The van der Waals surface area contributed by atoms with Crippen molar-refractivity contribution in [1.82, 2.24) is 33.6 Å². The summed E-state index contributed by atoms with van der Waals surface area (Å²) in [6.45, 7) is 7.55. The fraction of sp³-hybridized carbons (Fsp3) is 0.345. The van der Waals surface area contributed by atoms with Gasteiger partial charge in [0.2, 0.25) is 0 Å². The highest BCUT2D eigenvalue weighted by Gasteiger charge is 2.30. The molecule has 1 saturated heterocycles. The number of hydrogen-bond acceptors (Lipinski definition) is 7. The lowest BCUT2D eigenvalue weighted by Gasteiger charge is -2.20. The molecule has 0 amide bonds. The average Bonchev–Trinajstić information content (AvgIpc) is 3.58. The van der Waals surface area contributed by atoms with Gasteiger partial charge >= 0.3 is 11.7 Å². The van der Waals surface area contributed by atoms with E-state index in [1.165, 1.54) is 0 Å². The number of carbonyl (C=O) groups excluding carboxylic acids is 1. The van der Waals surface area contributed by atoms with Crippen molar-refractivity contribution in [1.29, 1.82) is 0 Å². The molecular weight excluding hydrogens is 494 g/mol. The summed E-state index contributed by atoms with van der Waals surface area (Å²) in [6, 6.07) is 13.6. The van der Waals surface area contributed by atoms with E-state index in [0.29, 0.717) is 30.1 Å². The van der Waals surface area contributed by atoms with E-state index in [1.54, 1.807) is 27.7 Å². The first-order valence-electron chi connectivity index (χ1n) is 13.1. The van der Waals surface area contributed by atoms with Gasteiger partial charge in [-0.3, -0.25) is 19.0 Å². The first-order valence-corrected chi connectivity index (χ1v) is 13.1. The molecule has 200 valence electrons. The van der Waals surface area contributed by atoms with Crippen molar-refractivity contribution in [2.75, 3.05) is 13.1 Å². The van der Waals surface area contributed by atoms with Gasteiger partial charge in [-0.15, -0.1) is 0 Å². The van der Waals surface area contributed by atoms with Crippen LogP contribution < -0.4 is 5.69 Å². The smallest absolute Gasteiger partial charge is 0.357 e. The molecule has 4 aromatic heterocycles. The van der Waals surface area contributed by atoms with Gasteiger partial charge in [-0.05, 0) is 51.5 Å². The number of hydrogen-bond donors (Lipinski definition) is 0. The number of nitrogens with zero attached hydrogens (tertiary/aromatic N) is 7. The van der Waals surface area contributed by atoms with Crippen LogP contribution >= 0.6 is 0 Å². The Hall–Kier alpha value is -4.31. The van der Waals surface area contributed by atoms with E-state index in [4.69, 9.17) is 4.74 Å². The lowest BCUT2D eigenvalue weighted by molar-refractivity contribution is 0.00584. The number of aromatic nitrogens is 6. The summed E-state index contributed by atoms with van der Waals surface area (Å²) in [7, 11) is 1.83. The molecule has 39 heavy (non-hydrogen) atoms. The second-order valence-corrected chi connectivity index (χ2v) is 11.0. The third kappa shape index (κ3) is 4.61. The summed E-state index contributed by atoms with van der Waals surface area (Å²) in [6.07, 6.45) is 5.83. The monoisotopic (exact) mass is 525 g/mol. The van der Waals surface area contributed by atoms with Crippen molar-refractivity contribution in [3.63, 3.8) is 0 Å². The molecule has 0 unspecified atom stereocenters. The Bertz CT molecular complexity index is 1760. The van der Waals surface area contributed by atoms with E-state index in [1.807, 2.05) is 74.9 Å². The van der Waals surface area contributed by atoms with Crippen molar-refractivity contribution < 1.29 is 9.53 Å². The lowest BCUT2D eigenvalue weighted by atomic mass is 10.2. The molecule has 6 rings (SSSR count). The molecule has 0 bridgehead atoms. The number of benzene rings is 1. The molecule has 1 fully saturated rings. The molecule has 0 N–H and O–H groups in total. The van der Waals surface area contributed by atoms with E-state index >= 15 is 0 Å². The predicted octanol–water partition coefficient (Wildman–Crippen LogP) is 3.87. The summed E-state index contributed by atoms with van der Waals surface area (Å²) < 4.78 is 10.8. The fourth-order valence-corrected chi connectivity index (χ4v) is 5.29. The summed E-state index contributed by atoms with van der Waals surface area (Å²) in [5, 5.41) is 0.972. The molecule has 10 heteroatoms. The third-order valence-electron chi connectivity index (χ3n) is 7.14. The van der Waals surface area contributed by atoms with Gasteiger partial charge in [0.1, 0.15) is 17.1 Å². The molecule has 1 aliphatic rings. The van der Waals surface area contributed by atoms with Gasteiger partial charge < -0.3 is 9.30 Å². The Kier molecular flexibility index (Phi) is 6.06. The normalized spacial score (nSPS) is 16.4. The first kappa shape index (κ1) is 25.0. The van der Waals surface area contributed by atoms with E-state index < -0.39 is 11.6 Å². The molecule has 5 heterocycles. The van der Waals surface area contributed by atoms with Crippen LogP contribution in [0, 0.1) is 0 Å². The number of likely N-dealkylation sites (tertiary alicyclic amines) is 1. The Morgan fingerprint density at radius 2 is 1.90 bits per heavy atom. The highest BCUT2D eigenvalue weighted by atomic mass is 16.6. The second-order valence-electron chi connectivity index (χ2n) is 11.0. The maximum atomic E-state index is 13.9. The van der Waals surface area contributed by atoms with Crippen LogP contribution in [0.4, 0.5) is 0 Å². The zero-order valence-electron chi connectivity index (χ0n) is 22.5. The molecule has 0 radical (unpaired) electrons. The van der Waals surface area contributed by atoms with Crippen LogP contribution in [-0.4, -0.2) is 58.2 Å². The van der Waals surface area contributed by atoms with Crippen LogP contribution in [0.5, 0.6) is 0 Å². The first-order chi connectivity index (χ1) is 18.7. The van der Waals surface area contributed by atoms with Crippen molar-refractivity contribution in [3.8, 4) is 5.69 Å². The summed E-state index contributed by atoms with van der Waals surface area (Å²) in [5.74, 6) is 0.378. The van der Waals surface area contributed by atoms with Gasteiger partial charge in [-0.2, -0.15) is 0 Å². The largest absolute Gasteiger partial charge is 0.455 e. The zero-order valence-corrected chi connectivity index (χ0v) is 22.5. The average molecular weight is 526 g/mol. The number of imidazole rings is 2. The quantitative estimate of drug-likeness (QED) is 0.321. The number of ether oxygens (including phenoxy) is 1. The van der Waals surface area contributed by atoms with Crippen molar-refractivity contribution in [2.24, 2.45) is 7.05 Å². The molecule has 0 saturated carbocycles. The van der Waals surface area contributed by atoms with Crippen LogP contribution in [0.3, 0.4) is 0 Å². The topological polar surface area (TPSA) is 100 Å². The highest BCUT2D eigenvalue weighted by molar-refractivity contribution is 5.87. The number of rotatable bonds is 5. The van der Waals surface area contributed by atoms with Crippen molar-refractivity contribution >= 4 is 28.0 Å². The van der Waals surface area contributed by atoms with E-state index in [2.05, 4.69) is 19.9 Å². The van der Waals surface area contributed by atoms with Gasteiger partial charge in [-0.1, -0.05) is 18.2 Å². The third-order valence-corrected chi connectivity index (χ3v) is 7.14. The Morgan fingerprint density at radius 1 is 1.08 bits per heavy atom. The van der Waals surface area contributed by atoms with Gasteiger partial charge in [0, 0.05) is 31.7 Å². The van der Waals surface area contributed by atoms with Gasteiger partial charge in [0.05, 0.1) is 41.7 Å². The number of esters is 1. The van der Waals surface area contributed by atoms with Crippen LogP contribution in [0.1, 0.15) is 49.5 Å². The predicted molar refractivity (Wildman–Crippen MR) is 148 cm³/mol. The number of fused-ring (bicyclic) bond motifs is 2. The molecule has 1 aromatic carbocycles. The second kappa shape index (κ2) is 9.46. The van der Waals surface area contributed by atoms with E-state index in [-0.39, 0.29) is 11.7 Å². The minimum Gasteiger partial charge on any atom is -0.455 e. The minimum absolute atomic E-state index is 0.0461. The zero-order chi connectivity index (χ0) is 27.3. The van der Waals surface area contributed by atoms with Gasteiger partial charge in [0.15, 0.2) is 5.65 Å². The Balaban J connectivity index is 1.28. The SMILES string of the molecule is Cn1c(C(=O)OC(C)(C)C)cnc1CN1CC[C@H](n2c(=O)n(-c3cnc4ccccc4c3)c3cccnc32)C1. The molecule has 10 nitrogen and oxygen atoms in total. The highest BCUT2D eigenvalue weighted by Crippen LogP contribution is 2.27. The van der Waals surface area contributed by atoms with Gasteiger partial charge in [-0.25, -0.2) is 19.6 Å². The minimum atomic E-state index is -0.576. The number of carbonyl (C=O) groups is 1. The molecule has 5 aromatic rings. The molecule has 0 aliphatic carbocycles. The maximum Gasteiger partial charge on any atom is 0.357 e. The lowest BCUT2D eigenvalue weighted by Crippen LogP contribution is -2.29. The summed E-state index contributed by atoms with van der Waals surface area (Å²) in [5.41, 5.74) is 2.73. The Morgan fingerprint density at radius 3 is 2.72 bits per heavy atom. The number of para-hydroxylation sites is 1. The molecule has 1 atom stereocenters. The Labute approximate surface area is 225 Å². The molecule has 0 spiro atoms. The molecular formula is C29H31N7O3. The van der Waals surface area contributed by atoms with Crippen LogP contribution in [0.15, 0.2) is 65.8 Å². The van der Waals surface area contributed by atoms with E-state index in [0.717, 1.165) is 35.2 Å². The molecule has 1 aliphatic heterocycles. The number of pyridine rings is 2. The maximum absolute atomic E-state index is 13.9. The van der Waals surface area contributed by atoms with Gasteiger partial charge in [0.25, 0.3) is 0 Å². The van der Waals surface area contributed by atoms with Crippen LogP contribution in [0.25, 0.3) is 27.8 Å². The fourth-order valence-electron chi connectivity index (χ4n) is 5.29.